The molecule has 22 aliphatic rings. The summed E-state index contributed by atoms with van der Waals surface area (Å²) in [4.78, 5) is 11.8. The fraction of sp³-hybridized carbons (Fsp3) is 0.976. The zero-order chi connectivity index (χ0) is 53.9. The van der Waals surface area contributed by atoms with Gasteiger partial charge in [-0.25, -0.2) is 0 Å². The average molecular weight is 1090 g/mol. The molecule has 0 saturated carbocycles. The van der Waals surface area contributed by atoms with Gasteiger partial charge in [0.2, 0.25) is 0 Å². The molecule has 0 unspecified atom stereocenters. The maximum absolute atomic E-state index is 11.9. The van der Waals surface area contributed by atoms with E-state index >= 15 is 0 Å². The number of aliphatic hydroxyl groups excluding tert-OH is 17. The van der Waals surface area contributed by atoms with Crippen molar-refractivity contribution in [2.45, 2.75) is 203 Å². The summed E-state index contributed by atoms with van der Waals surface area (Å²) in [6.45, 7) is -6.22. The van der Waals surface area contributed by atoms with E-state index in [2.05, 4.69) is 4.74 Å². The van der Waals surface area contributed by atoms with Gasteiger partial charge in [0.25, 0.3) is 0 Å². The van der Waals surface area contributed by atoms with Gasteiger partial charge >= 0.3 is 5.97 Å². The summed E-state index contributed by atoms with van der Waals surface area (Å²) in [7, 11) is 1.19. The summed E-state index contributed by atoms with van der Waals surface area (Å²) in [6, 6.07) is 0. The lowest BCUT2D eigenvalue weighted by atomic mass is 9.94. The number of hydrogen-bond acceptors (Lipinski definition) is 32. The van der Waals surface area contributed by atoms with Gasteiger partial charge in [0, 0.05) is 13.0 Å². The van der Waals surface area contributed by atoms with Crippen molar-refractivity contribution in [3.63, 3.8) is 0 Å². The molecule has 12 bridgehead atoms. The Hall–Kier alpha value is -1.73. The van der Waals surface area contributed by atoms with Gasteiger partial charge in [0.15, 0.2) is 37.7 Å². The number of unbranched alkanes of at least 4 members (excludes halogenated alkanes) is 1. The number of esters is 1. The third kappa shape index (κ3) is 12.5. The van der Waals surface area contributed by atoms with Gasteiger partial charge in [-0.3, -0.25) is 4.79 Å². The van der Waals surface area contributed by atoms with Crippen LogP contribution in [0.3, 0.4) is 0 Å². The third-order valence-corrected chi connectivity index (χ3v) is 14.0. The van der Waals surface area contributed by atoms with Crippen molar-refractivity contribution in [3.05, 3.63) is 0 Å². The number of rotatable bonds is 12. The van der Waals surface area contributed by atoms with E-state index in [0.717, 1.165) is 0 Å². The van der Waals surface area contributed by atoms with E-state index in [1.807, 2.05) is 0 Å². The highest BCUT2D eigenvalue weighted by Gasteiger charge is 2.59. The Labute approximate surface area is 420 Å². The average Bonchev–Trinajstić information content (AvgIpc) is 3.39. The minimum absolute atomic E-state index is 0.0291. The smallest absolute Gasteiger partial charge is 0.305 e. The molecule has 430 valence electrons. The minimum atomic E-state index is -2.16. The predicted molar refractivity (Wildman–Crippen MR) is 225 cm³/mol. The molecular formula is C42H70O32. The molecule has 0 aromatic heterocycles. The fourth-order valence-corrected chi connectivity index (χ4v) is 9.80. The molecule has 32 nitrogen and oxygen atoms in total. The zero-order valence-corrected chi connectivity index (χ0v) is 39.6. The first-order valence-corrected chi connectivity index (χ1v) is 24.0. The Morgan fingerprint density at radius 3 is 0.838 bits per heavy atom. The second-order valence-corrected chi connectivity index (χ2v) is 18.7. The second-order valence-electron chi connectivity index (χ2n) is 18.7. The van der Waals surface area contributed by atoms with E-state index in [4.69, 9.17) is 61.6 Å². The third-order valence-electron chi connectivity index (χ3n) is 14.0. The number of hydrogen-bond donors (Lipinski definition) is 17. The lowest BCUT2D eigenvalue weighted by Crippen LogP contribution is -2.69. The molecule has 0 radical (unpaired) electrons. The topological polar surface area (TPSA) is 490 Å². The monoisotopic (exact) mass is 1090 g/mol. The van der Waals surface area contributed by atoms with Crippen LogP contribution >= 0.6 is 0 Å². The normalized spacial score (nSPS) is 50.6. The summed E-state index contributed by atoms with van der Waals surface area (Å²) < 4.78 is 80.1. The molecule has 22 heterocycles. The summed E-state index contributed by atoms with van der Waals surface area (Å²) >= 11 is 0. The van der Waals surface area contributed by atoms with Crippen LogP contribution in [0.15, 0.2) is 0 Å². The van der Waals surface area contributed by atoms with Gasteiger partial charge in [-0.1, -0.05) is 0 Å². The Bertz CT molecular complexity index is 1710. The Balaban J connectivity index is 1.21. The van der Waals surface area contributed by atoms with E-state index in [0.29, 0.717) is 0 Å². The maximum Gasteiger partial charge on any atom is 0.305 e. The maximum atomic E-state index is 11.9. The van der Waals surface area contributed by atoms with Crippen LogP contribution in [0.4, 0.5) is 0 Å². The number of carbonyl (C=O) groups is 1. The molecule has 0 aromatic rings. The first-order chi connectivity index (χ1) is 35.4. The lowest BCUT2D eigenvalue weighted by molar-refractivity contribution is -0.404. The van der Waals surface area contributed by atoms with E-state index in [-0.39, 0.29) is 25.9 Å². The van der Waals surface area contributed by atoms with E-state index in [1.165, 1.54) is 7.11 Å². The van der Waals surface area contributed by atoms with Crippen molar-refractivity contribution in [2.75, 3.05) is 53.4 Å². The number of aliphatic hydroxyl groups is 17. The van der Waals surface area contributed by atoms with Gasteiger partial charge in [-0.2, -0.15) is 0 Å². The van der Waals surface area contributed by atoms with Crippen molar-refractivity contribution in [1.82, 2.24) is 0 Å². The lowest BCUT2D eigenvalue weighted by Gasteiger charge is -2.51. The number of carbonyl (C=O) groups excluding carboxylic acids is 1. The van der Waals surface area contributed by atoms with Gasteiger partial charge in [-0.05, 0) is 12.8 Å². The molecule has 32 heteroatoms. The largest absolute Gasteiger partial charge is 0.469 e. The number of methoxy groups -OCH3 is 1. The molecule has 22 fully saturated rings. The van der Waals surface area contributed by atoms with Crippen LogP contribution in [0, 0.1) is 0 Å². The quantitative estimate of drug-likeness (QED) is 0.0637. The highest BCUT2D eigenvalue weighted by molar-refractivity contribution is 5.68. The highest BCUT2D eigenvalue weighted by Crippen LogP contribution is 2.38. The summed E-state index contributed by atoms with van der Waals surface area (Å²) in [5.74, 6) is -0.535. The van der Waals surface area contributed by atoms with Crippen LogP contribution < -0.4 is 0 Å². The first-order valence-electron chi connectivity index (χ1n) is 24.0. The molecular weight excluding hydrogens is 1020 g/mol. The van der Waals surface area contributed by atoms with E-state index in [9.17, 15) is 91.6 Å². The number of ether oxygens (including phenoxy) is 14. The van der Waals surface area contributed by atoms with Crippen molar-refractivity contribution in [1.29, 1.82) is 0 Å². The van der Waals surface area contributed by atoms with Gasteiger partial charge in [-0.15, -0.1) is 0 Å². The molecule has 0 spiro atoms. The molecule has 17 N–H and O–H groups in total. The Morgan fingerprint density at radius 2 is 0.581 bits per heavy atom. The van der Waals surface area contributed by atoms with Crippen LogP contribution in [0.5, 0.6) is 0 Å². The predicted octanol–water partition coefficient (Wildman–Crippen LogP) is -11.7. The Morgan fingerprint density at radius 1 is 0.338 bits per heavy atom. The van der Waals surface area contributed by atoms with Crippen LogP contribution in [-0.2, 0) is 71.1 Å². The van der Waals surface area contributed by atoms with Crippen molar-refractivity contribution < 1.29 is 158 Å². The van der Waals surface area contributed by atoms with Gasteiger partial charge < -0.3 is 153 Å². The molecule has 0 amide bonds. The molecule has 0 aromatic carbocycles. The molecule has 22 rings (SSSR count). The molecule has 22 aliphatic heterocycles. The summed E-state index contributed by atoms with van der Waals surface area (Å²) in [6.07, 6.45) is -57.5. The van der Waals surface area contributed by atoms with E-state index < -0.39 is 230 Å². The highest BCUT2D eigenvalue weighted by atomic mass is 16.8. The summed E-state index contributed by atoms with van der Waals surface area (Å²) in [5, 5.41) is 188. The molecule has 0 aliphatic carbocycles. The minimum Gasteiger partial charge on any atom is -0.469 e. The van der Waals surface area contributed by atoms with Crippen molar-refractivity contribution >= 4 is 5.97 Å². The molecule has 22 saturated heterocycles. The van der Waals surface area contributed by atoms with Crippen molar-refractivity contribution in [3.8, 4) is 0 Å². The van der Waals surface area contributed by atoms with Crippen LogP contribution in [0.2, 0.25) is 0 Å². The second kappa shape index (κ2) is 26.5. The molecule has 74 heavy (non-hydrogen) atoms. The van der Waals surface area contributed by atoms with Crippen LogP contribution in [0.1, 0.15) is 19.3 Å². The SMILES string of the molecule is COC(=O)CCCCO[C@@H]1[C@@H](O)[C@H]2O[C@H]3[C@H](O)[C@@H](O)[C@@H](O[C@H]4[C@H](O)[C@@H](O)[C@@H](O[C@H]5[C@H](O)[C@@H](O)[C@@H](O[C@H]6[C@H](O)[C@@H](O)[C@@H](O[C@H]7[C@H](O)[C@@H](O)[C@@H](O[C@H]1[C@@H](CO)O2)O[C@@H]7CO)O[C@@H]6CO)O[C@@H]5CO)O[C@@H]4CO)O[C@@H]3CO. The Kier molecular flexibility index (Phi) is 21.4. The first kappa shape index (κ1) is 59.9. The van der Waals surface area contributed by atoms with Gasteiger partial charge in [0.05, 0.1) is 46.8 Å². The summed E-state index contributed by atoms with van der Waals surface area (Å²) in [5.41, 5.74) is 0. The van der Waals surface area contributed by atoms with Crippen LogP contribution in [-0.4, -0.2) is 330 Å². The zero-order valence-electron chi connectivity index (χ0n) is 39.6. The molecule has 30 atom stereocenters. The standard InChI is InChI=1S/C42H70O32/c1-61-18(49)4-2-3-5-62-36-29(60)42-68-17(11-48)35(36)74-41-28(59)23(54)33(15(9-46)67-41)72-39-26(57)21(52)31(13(7-44)65-39)70-37-24(55)19(50)30(12(6-43)63-37)69-38-25(56)20(51)32(14(8-45)64-38)71-40-27(58)22(53)34(73-42)16(10-47)66-40/h12-17,19-48,50-60H,2-11H2,1H3/t12-,13-,14-,15-,16-,17-,19-,20-,21-,22-,23-,24-,25-,26-,27-,28-,29-,30-,31-,32-,33-,34-,35+,36-,37-,38-,39-,40-,41-,42-/m1/s1. The van der Waals surface area contributed by atoms with Gasteiger partial charge in [0.1, 0.15) is 146 Å². The fourth-order valence-electron chi connectivity index (χ4n) is 9.80. The van der Waals surface area contributed by atoms with Crippen LogP contribution in [0.25, 0.3) is 0 Å². The van der Waals surface area contributed by atoms with E-state index in [1.54, 1.807) is 0 Å². The van der Waals surface area contributed by atoms with Crippen molar-refractivity contribution in [2.24, 2.45) is 0 Å².